The van der Waals surface area contributed by atoms with Crippen molar-refractivity contribution >= 4 is 0 Å². The largest absolute Gasteiger partial charge is 0.444 e. The lowest BCUT2D eigenvalue weighted by molar-refractivity contribution is 0.282. The first-order chi connectivity index (χ1) is 6.74. The molecular formula is C10H18N2O2. The standard InChI is InChI=1S/C10H18N2O2/c1-8-7-12-10(14-8)9(2)11-5-3-4-6-13/h7,9,11,13H,3-6H2,1-2H3. The minimum atomic E-state index is 0.141. The van der Waals surface area contributed by atoms with Crippen LogP contribution in [0.1, 0.15) is 37.5 Å². The summed E-state index contributed by atoms with van der Waals surface area (Å²) >= 11 is 0. The van der Waals surface area contributed by atoms with Gasteiger partial charge in [-0.05, 0) is 33.2 Å². The van der Waals surface area contributed by atoms with Gasteiger partial charge in [-0.1, -0.05) is 0 Å². The molecule has 1 atom stereocenters. The van der Waals surface area contributed by atoms with Crippen molar-refractivity contribution in [3.63, 3.8) is 0 Å². The van der Waals surface area contributed by atoms with E-state index in [2.05, 4.69) is 10.3 Å². The molecule has 0 aromatic carbocycles. The lowest BCUT2D eigenvalue weighted by atomic mass is 10.3. The molecule has 0 aliphatic heterocycles. The molecule has 1 heterocycles. The molecule has 4 nitrogen and oxygen atoms in total. The molecule has 0 amide bonds. The lowest BCUT2D eigenvalue weighted by Gasteiger charge is -2.09. The Bertz CT molecular complexity index is 260. The molecule has 1 unspecified atom stereocenters. The molecule has 2 N–H and O–H groups in total. The minimum Gasteiger partial charge on any atom is -0.444 e. The molecule has 14 heavy (non-hydrogen) atoms. The summed E-state index contributed by atoms with van der Waals surface area (Å²) in [4.78, 5) is 4.14. The second kappa shape index (κ2) is 5.78. The van der Waals surface area contributed by atoms with Crippen molar-refractivity contribution < 1.29 is 9.52 Å². The lowest BCUT2D eigenvalue weighted by Crippen LogP contribution is -2.20. The Morgan fingerprint density at radius 1 is 1.57 bits per heavy atom. The molecule has 0 bridgehead atoms. The van der Waals surface area contributed by atoms with E-state index in [1.54, 1.807) is 6.20 Å². The molecular weight excluding hydrogens is 180 g/mol. The van der Waals surface area contributed by atoms with Gasteiger partial charge < -0.3 is 14.8 Å². The van der Waals surface area contributed by atoms with Crippen LogP contribution >= 0.6 is 0 Å². The number of rotatable bonds is 6. The maximum Gasteiger partial charge on any atom is 0.211 e. The minimum absolute atomic E-state index is 0.141. The van der Waals surface area contributed by atoms with Crippen molar-refractivity contribution in [2.24, 2.45) is 0 Å². The molecule has 0 fully saturated rings. The topological polar surface area (TPSA) is 58.3 Å². The van der Waals surface area contributed by atoms with E-state index >= 15 is 0 Å². The normalized spacial score (nSPS) is 13.1. The van der Waals surface area contributed by atoms with Crippen LogP contribution in [0.3, 0.4) is 0 Å². The van der Waals surface area contributed by atoms with Gasteiger partial charge >= 0.3 is 0 Å². The Labute approximate surface area is 84.3 Å². The zero-order valence-corrected chi connectivity index (χ0v) is 8.79. The number of hydrogen-bond donors (Lipinski definition) is 2. The summed E-state index contributed by atoms with van der Waals surface area (Å²) in [6, 6.07) is 0.141. The summed E-state index contributed by atoms with van der Waals surface area (Å²) in [5.74, 6) is 1.57. The van der Waals surface area contributed by atoms with Crippen LogP contribution in [0.4, 0.5) is 0 Å². The quantitative estimate of drug-likeness (QED) is 0.678. The second-order valence-corrected chi connectivity index (χ2v) is 3.42. The third-order valence-corrected chi connectivity index (χ3v) is 2.04. The van der Waals surface area contributed by atoms with Crippen molar-refractivity contribution in [2.75, 3.05) is 13.2 Å². The monoisotopic (exact) mass is 198 g/mol. The average Bonchev–Trinajstić information content (AvgIpc) is 2.59. The summed E-state index contributed by atoms with van der Waals surface area (Å²) in [5.41, 5.74) is 0. The van der Waals surface area contributed by atoms with Crippen molar-refractivity contribution in [3.8, 4) is 0 Å². The van der Waals surface area contributed by atoms with Gasteiger partial charge in [0, 0.05) is 6.61 Å². The van der Waals surface area contributed by atoms with Gasteiger partial charge in [0.25, 0.3) is 0 Å². The van der Waals surface area contributed by atoms with Crippen LogP contribution < -0.4 is 5.32 Å². The van der Waals surface area contributed by atoms with Gasteiger partial charge in [-0.3, -0.25) is 0 Å². The van der Waals surface area contributed by atoms with E-state index in [9.17, 15) is 0 Å². The Kier molecular flexibility index (Phi) is 4.62. The van der Waals surface area contributed by atoms with Gasteiger partial charge in [-0.2, -0.15) is 0 Å². The molecule has 0 aliphatic carbocycles. The fourth-order valence-electron chi connectivity index (χ4n) is 1.22. The molecule has 0 saturated carbocycles. The smallest absolute Gasteiger partial charge is 0.211 e. The van der Waals surface area contributed by atoms with Crippen molar-refractivity contribution in [1.29, 1.82) is 0 Å². The Morgan fingerprint density at radius 2 is 2.36 bits per heavy atom. The summed E-state index contributed by atoms with van der Waals surface area (Å²) in [5, 5.41) is 11.9. The number of aliphatic hydroxyl groups excluding tert-OH is 1. The van der Waals surface area contributed by atoms with Crippen LogP contribution in [-0.4, -0.2) is 23.2 Å². The van der Waals surface area contributed by atoms with E-state index < -0.39 is 0 Å². The van der Waals surface area contributed by atoms with E-state index in [0.717, 1.165) is 31.0 Å². The molecule has 0 saturated heterocycles. The van der Waals surface area contributed by atoms with E-state index in [1.807, 2.05) is 13.8 Å². The Morgan fingerprint density at radius 3 is 2.93 bits per heavy atom. The van der Waals surface area contributed by atoms with E-state index in [-0.39, 0.29) is 12.6 Å². The fraction of sp³-hybridized carbons (Fsp3) is 0.700. The highest BCUT2D eigenvalue weighted by atomic mass is 16.4. The third kappa shape index (κ3) is 3.47. The van der Waals surface area contributed by atoms with Gasteiger partial charge in [-0.15, -0.1) is 0 Å². The van der Waals surface area contributed by atoms with Gasteiger partial charge in [0.1, 0.15) is 5.76 Å². The Balaban J connectivity index is 2.25. The first kappa shape index (κ1) is 11.2. The van der Waals surface area contributed by atoms with Gasteiger partial charge in [0.05, 0.1) is 12.2 Å². The number of aryl methyl sites for hydroxylation is 1. The number of aromatic nitrogens is 1. The highest BCUT2D eigenvalue weighted by molar-refractivity contribution is 4.94. The zero-order valence-electron chi connectivity index (χ0n) is 8.79. The number of nitrogens with zero attached hydrogens (tertiary/aromatic N) is 1. The van der Waals surface area contributed by atoms with Crippen LogP contribution in [0.2, 0.25) is 0 Å². The number of unbranched alkanes of at least 4 members (excludes halogenated alkanes) is 1. The SMILES string of the molecule is Cc1cnc(C(C)NCCCCO)o1. The predicted molar refractivity (Wildman–Crippen MR) is 54.0 cm³/mol. The number of oxazole rings is 1. The molecule has 1 aromatic heterocycles. The summed E-state index contributed by atoms with van der Waals surface area (Å²) < 4.78 is 5.38. The van der Waals surface area contributed by atoms with Crippen LogP contribution in [0.15, 0.2) is 10.6 Å². The second-order valence-electron chi connectivity index (χ2n) is 3.42. The summed E-state index contributed by atoms with van der Waals surface area (Å²) in [7, 11) is 0. The third-order valence-electron chi connectivity index (χ3n) is 2.04. The zero-order chi connectivity index (χ0) is 10.4. The molecule has 80 valence electrons. The average molecular weight is 198 g/mol. The molecule has 1 aromatic rings. The van der Waals surface area contributed by atoms with Crippen molar-refractivity contribution in [1.82, 2.24) is 10.3 Å². The van der Waals surface area contributed by atoms with Gasteiger partial charge in [0.2, 0.25) is 5.89 Å². The van der Waals surface area contributed by atoms with E-state index in [0.29, 0.717) is 0 Å². The highest BCUT2D eigenvalue weighted by Gasteiger charge is 2.09. The maximum atomic E-state index is 8.59. The van der Waals surface area contributed by atoms with Gasteiger partial charge in [-0.25, -0.2) is 4.98 Å². The van der Waals surface area contributed by atoms with E-state index in [4.69, 9.17) is 9.52 Å². The van der Waals surface area contributed by atoms with Crippen LogP contribution in [-0.2, 0) is 0 Å². The molecule has 4 heteroatoms. The van der Waals surface area contributed by atoms with E-state index in [1.165, 1.54) is 0 Å². The molecule has 1 rings (SSSR count). The van der Waals surface area contributed by atoms with Crippen molar-refractivity contribution in [3.05, 3.63) is 17.8 Å². The predicted octanol–water partition coefficient (Wildman–Crippen LogP) is 1.41. The molecule has 0 radical (unpaired) electrons. The fourth-order valence-corrected chi connectivity index (χ4v) is 1.22. The highest BCUT2D eigenvalue weighted by Crippen LogP contribution is 2.11. The summed E-state index contributed by atoms with van der Waals surface area (Å²) in [6.45, 7) is 5.04. The van der Waals surface area contributed by atoms with Crippen LogP contribution in [0.5, 0.6) is 0 Å². The first-order valence-corrected chi connectivity index (χ1v) is 5.00. The number of aliphatic hydroxyl groups is 1. The number of hydrogen-bond acceptors (Lipinski definition) is 4. The first-order valence-electron chi connectivity index (χ1n) is 5.00. The summed E-state index contributed by atoms with van der Waals surface area (Å²) in [6.07, 6.45) is 3.53. The molecule has 0 spiro atoms. The van der Waals surface area contributed by atoms with Crippen molar-refractivity contribution in [2.45, 2.75) is 32.7 Å². The van der Waals surface area contributed by atoms with Crippen LogP contribution in [0.25, 0.3) is 0 Å². The Hall–Kier alpha value is -0.870. The maximum absolute atomic E-state index is 8.59. The van der Waals surface area contributed by atoms with Crippen LogP contribution in [0, 0.1) is 6.92 Å². The molecule has 0 aliphatic rings. The number of nitrogens with one attached hydrogen (secondary N) is 1. The van der Waals surface area contributed by atoms with Gasteiger partial charge in [0.15, 0.2) is 0 Å².